The lowest BCUT2D eigenvalue weighted by atomic mass is 10.3. The van der Waals surface area contributed by atoms with Gasteiger partial charge in [-0.1, -0.05) is 0 Å². The number of hydrogen-bond donors (Lipinski definition) is 2. The van der Waals surface area contributed by atoms with Crippen LogP contribution >= 0.6 is 0 Å². The predicted octanol–water partition coefficient (Wildman–Crippen LogP) is 0.221. The number of rotatable bonds is 7. The highest BCUT2D eigenvalue weighted by Crippen LogP contribution is 2.19. The lowest BCUT2D eigenvalue weighted by Gasteiger charge is -2.32. The van der Waals surface area contributed by atoms with E-state index >= 15 is 0 Å². The van der Waals surface area contributed by atoms with Gasteiger partial charge in [-0.3, -0.25) is 0 Å². The lowest BCUT2D eigenvalue weighted by molar-refractivity contribution is 0.310. The third-order valence-corrected chi connectivity index (χ3v) is 5.82. The van der Waals surface area contributed by atoms with Crippen LogP contribution in [0.1, 0.15) is 13.8 Å². The second-order valence-corrected chi connectivity index (χ2v) is 8.78. The number of sulfonamides is 1. The summed E-state index contributed by atoms with van der Waals surface area (Å²) in [4.78, 5) is 9.08. The van der Waals surface area contributed by atoms with Crippen LogP contribution in [0.4, 0.5) is 11.8 Å². The van der Waals surface area contributed by atoms with E-state index in [4.69, 9.17) is 0 Å². The molecular weight excluding hydrogens is 354 g/mol. The molecule has 0 bridgehead atoms. The Morgan fingerprint density at radius 2 is 1.96 bits per heavy atom. The Hall–Kier alpha value is -1.91. The maximum absolute atomic E-state index is 12.0. The molecular formula is C16H27N7O2S. The number of anilines is 2. The van der Waals surface area contributed by atoms with Crippen LogP contribution in [0.15, 0.2) is 18.3 Å². The van der Waals surface area contributed by atoms with Gasteiger partial charge >= 0.3 is 0 Å². The van der Waals surface area contributed by atoms with Crippen LogP contribution < -0.4 is 14.9 Å². The van der Waals surface area contributed by atoms with Crippen molar-refractivity contribution >= 4 is 27.3 Å². The molecule has 9 nitrogen and oxygen atoms in total. The highest BCUT2D eigenvalue weighted by molar-refractivity contribution is 7.89. The summed E-state index contributed by atoms with van der Waals surface area (Å²) in [6.07, 6.45) is 1.87. The van der Waals surface area contributed by atoms with Crippen molar-refractivity contribution in [3.63, 3.8) is 0 Å². The van der Waals surface area contributed by atoms with Gasteiger partial charge in [0.25, 0.3) is 0 Å². The van der Waals surface area contributed by atoms with E-state index in [9.17, 15) is 8.42 Å². The van der Waals surface area contributed by atoms with Gasteiger partial charge in [0.05, 0.1) is 5.75 Å². The zero-order chi connectivity index (χ0) is 18.7. The number of piperazine rings is 1. The summed E-state index contributed by atoms with van der Waals surface area (Å²) < 4.78 is 28.3. The standard InChI is InChI=1S/C16H27N7O2S/c1-13(2)20-26(24,25)12-6-17-15-14-5-4-7-23(14)19-16(18-15)22-10-8-21(3)9-11-22/h4-5,7,13,20H,6,8-12H2,1-3H3,(H,17,18,19). The number of nitrogens with zero attached hydrogens (tertiary/aromatic N) is 5. The van der Waals surface area contributed by atoms with Crippen molar-refractivity contribution in [2.75, 3.05) is 55.7 Å². The van der Waals surface area contributed by atoms with E-state index in [1.165, 1.54) is 0 Å². The number of nitrogens with one attached hydrogen (secondary N) is 2. The maximum atomic E-state index is 12.0. The van der Waals surface area contributed by atoms with Crippen molar-refractivity contribution in [2.45, 2.75) is 19.9 Å². The van der Waals surface area contributed by atoms with Gasteiger partial charge in [-0.25, -0.2) is 17.7 Å². The van der Waals surface area contributed by atoms with E-state index in [0.717, 1.165) is 31.7 Å². The van der Waals surface area contributed by atoms with E-state index in [2.05, 4.69) is 37.0 Å². The monoisotopic (exact) mass is 381 g/mol. The van der Waals surface area contributed by atoms with E-state index < -0.39 is 10.0 Å². The van der Waals surface area contributed by atoms with Crippen LogP contribution in [-0.2, 0) is 10.0 Å². The molecule has 0 unspecified atom stereocenters. The highest BCUT2D eigenvalue weighted by atomic mass is 32.2. The number of fused-ring (bicyclic) bond motifs is 1. The van der Waals surface area contributed by atoms with Gasteiger partial charge in [0.2, 0.25) is 16.0 Å². The Morgan fingerprint density at radius 3 is 2.65 bits per heavy atom. The zero-order valence-corrected chi connectivity index (χ0v) is 16.3. The fourth-order valence-electron chi connectivity index (χ4n) is 2.92. The summed E-state index contributed by atoms with van der Waals surface area (Å²) in [7, 11) is -1.20. The molecule has 1 aliphatic heterocycles. The van der Waals surface area contributed by atoms with Crippen molar-refractivity contribution < 1.29 is 8.42 Å². The molecule has 3 heterocycles. The van der Waals surface area contributed by atoms with Crippen molar-refractivity contribution in [3.8, 4) is 0 Å². The van der Waals surface area contributed by atoms with Crippen molar-refractivity contribution in [1.82, 2.24) is 24.2 Å². The summed E-state index contributed by atoms with van der Waals surface area (Å²) in [6, 6.07) is 3.71. The van der Waals surface area contributed by atoms with Crippen LogP contribution in [0.2, 0.25) is 0 Å². The van der Waals surface area contributed by atoms with E-state index in [-0.39, 0.29) is 18.3 Å². The largest absolute Gasteiger partial charge is 0.367 e. The van der Waals surface area contributed by atoms with E-state index in [0.29, 0.717) is 11.8 Å². The second kappa shape index (κ2) is 7.77. The molecule has 2 aromatic heterocycles. The molecule has 0 saturated carbocycles. The molecule has 1 fully saturated rings. The summed E-state index contributed by atoms with van der Waals surface area (Å²) in [5, 5.41) is 7.75. The summed E-state index contributed by atoms with van der Waals surface area (Å²) in [5.41, 5.74) is 0.831. The van der Waals surface area contributed by atoms with Crippen molar-refractivity contribution in [1.29, 1.82) is 0 Å². The van der Waals surface area contributed by atoms with Crippen LogP contribution in [-0.4, -0.2) is 79.5 Å². The Morgan fingerprint density at radius 1 is 1.23 bits per heavy atom. The molecule has 1 aliphatic rings. The second-order valence-electron chi connectivity index (χ2n) is 6.91. The number of likely N-dealkylation sites (N-methyl/N-ethyl adjacent to an activating group) is 1. The van der Waals surface area contributed by atoms with Crippen molar-refractivity contribution in [3.05, 3.63) is 18.3 Å². The quantitative estimate of drug-likeness (QED) is 0.708. The minimum absolute atomic E-state index is 0.00804. The average Bonchev–Trinajstić information content (AvgIpc) is 3.02. The van der Waals surface area contributed by atoms with Crippen LogP contribution in [0, 0.1) is 0 Å². The van der Waals surface area contributed by atoms with Crippen molar-refractivity contribution in [2.24, 2.45) is 0 Å². The first-order valence-corrected chi connectivity index (χ1v) is 10.5. The molecule has 0 radical (unpaired) electrons. The Bertz CT molecular complexity index is 841. The molecule has 10 heteroatoms. The molecule has 26 heavy (non-hydrogen) atoms. The third-order valence-electron chi connectivity index (χ3n) is 4.24. The SMILES string of the molecule is CC(C)NS(=O)(=O)CCNc1nc(N2CCN(C)CC2)nn2cccc12. The minimum Gasteiger partial charge on any atom is -0.367 e. The van der Waals surface area contributed by atoms with Gasteiger partial charge in [-0.15, -0.1) is 5.10 Å². The molecule has 0 aromatic carbocycles. The maximum Gasteiger partial charge on any atom is 0.245 e. The molecule has 144 valence electrons. The van der Waals surface area contributed by atoms with Gasteiger partial charge in [0.15, 0.2) is 5.82 Å². The lowest BCUT2D eigenvalue weighted by Crippen LogP contribution is -2.45. The summed E-state index contributed by atoms with van der Waals surface area (Å²) in [5.74, 6) is 1.30. The van der Waals surface area contributed by atoms with E-state index in [1.807, 2.05) is 32.2 Å². The highest BCUT2D eigenvalue weighted by Gasteiger charge is 2.19. The molecule has 3 rings (SSSR count). The molecule has 0 atom stereocenters. The molecule has 1 saturated heterocycles. The van der Waals surface area contributed by atoms with Gasteiger partial charge < -0.3 is 15.1 Å². The molecule has 2 aromatic rings. The van der Waals surface area contributed by atoms with Gasteiger partial charge in [0.1, 0.15) is 5.52 Å². The predicted molar refractivity (Wildman–Crippen MR) is 103 cm³/mol. The van der Waals surface area contributed by atoms with Crippen LogP contribution in [0.25, 0.3) is 5.52 Å². The van der Waals surface area contributed by atoms with Gasteiger partial charge in [-0.2, -0.15) is 4.98 Å². The number of hydrogen-bond acceptors (Lipinski definition) is 7. The summed E-state index contributed by atoms with van der Waals surface area (Å²) >= 11 is 0. The molecule has 0 spiro atoms. The fraction of sp³-hybridized carbons (Fsp3) is 0.625. The first-order chi connectivity index (χ1) is 12.3. The third kappa shape index (κ3) is 4.63. The zero-order valence-electron chi connectivity index (χ0n) is 15.5. The first-order valence-electron chi connectivity index (χ1n) is 8.87. The minimum atomic E-state index is -3.31. The Balaban J connectivity index is 1.74. The number of aromatic nitrogens is 3. The van der Waals surface area contributed by atoms with Gasteiger partial charge in [0, 0.05) is 45.0 Å². The fourth-order valence-corrected chi connectivity index (χ4v) is 4.12. The van der Waals surface area contributed by atoms with Crippen LogP contribution in [0.5, 0.6) is 0 Å². The average molecular weight is 382 g/mol. The Labute approximate surface area is 154 Å². The summed E-state index contributed by atoms with van der Waals surface area (Å²) in [6.45, 7) is 7.57. The first kappa shape index (κ1) is 18.9. The normalized spacial score (nSPS) is 16.5. The van der Waals surface area contributed by atoms with E-state index in [1.54, 1.807) is 4.52 Å². The topological polar surface area (TPSA) is 94.9 Å². The molecule has 0 aliphatic carbocycles. The van der Waals surface area contributed by atoms with Gasteiger partial charge in [-0.05, 0) is 33.0 Å². The molecule has 2 N–H and O–H groups in total. The van der Waals surface area contributed by atoms with Crippen LogP contribution in [0.3, 0.4) is 0 Å². The smallest absolute Gasteiger partial charge is 0.245 e. The molecule has 0 amide bonds. The Kier molecular flexibility index (Phi) is 5.64.